The van der Waals surface area contributed by atoms with E-state index in [0.29, 0.717) is 24.3 Å². The summed E-state index contributed by atoms with van der Waals surface area (Å²) in [5.74, 6) is -0.313. The van der Waals surface area contributed by atoms with Crippen LogP contribution in [0.4, 0.5) is 5.69 Å². The number of amides is 1. The number of hydrogen-bond donors (Lipinski definition) is 1. The molecule has 0 unspecified atom stereocenters. The van der Waals surface area contributed by atoms with Gasteiger partial charge in [-0.1, -0.05) is 39.0 Å². The van der Waals surface area contributed by atoms with Crippen LogP contribution in [0, 0.1) is 6.92 Å². The van der Waals surface area contributed by atoms with Gasteiger partial charge in [0.05, 0.1) is 4.90 Å². The lowest BCUT2D eigenvalue weighted by Crippen LogP contribution is -2.30. The zero-order valence-electron chi connectivity index (χ0n) is 15.7. The number of sulfonamides is 1. The Labute approximate surface area is 156 Å². The molecule has 6 heteroatoms. The fourth-order valence-electron chi connectivity index (χ4n) is 2.79. The highest BCUT2D eigenvalue weighted by Gasteiger charge is 2.23. The van der Waals surface area contributed by atoms with Gasteiger partial charge in [0.15, 0.2) is 0 Å². The summed E-state index contributed by atoms with van der Waals surface area (Å²) in [7, 11) is -3.60. The molecule has 0 aromatic heterocycles. The van der Waals surface area contributed by atoms with Crippen molar-refractivity contribution in [3.05, 3.63) is 59.2 Å². The summed E-state index contributed by atoms with van der Waals surface area (Å²) in [5.41, 5.74) is 2.91. The second kappa shape index (κ2) is 8.47. The van der Waals surface area contributed by atoms with Crippen molar-refractivity contribution < 1.29 is 13.2 Å². The van der Waals surface area contributed by atoms with Crippen LogP contribution in [-0.2, 0) is 16.4 Å². The molecule has 0 spiro atoms. The first kappa shape index (κ1) is 20.1. The predicted octanol–water partition coefficient (Wildman–Crippen LogP) is 3.84. The van der Waals surface area contributed by atoms with Gasteiger partial charge >= 0.3 is 0 Å². The van der Waals surface area contributed by atoms with Crippen LogP contribution in [0.1, 0.15) is 42.3 Å². The number of aryl methyl sites for hydroxylation is 2. The third-order valence-corrected chi connectivity index (χ3v) is 6.44. The SMILES string of the molecule is CCc1cccc(NC(=O)c2cc(S(=O)(=O)N(CC)CC)ccc2C)c1. The van der Waals surface area contributed by atoms with E-state index < -0.39 is 10.0 Å². The summed E-state index contributed by atoms with van der Waals surface area (Å²) < 4.78 is 26.8. The maximum absolute atomic E-state index is 12.7. The van der Waals surface area contributed by atoms with Crippen LogP contribution < -0.4 is 5.32 Å². The van der Waals surface area contributed by atoms with Crippen LogP contribution in [0.5, 0.6) is 0 Å². The van der Waals surface area contributed by atoms with Crippen molar-refractivity contribution in [1.82, 2.24) is 4.31 Å². The third-order valence-electron chi connectivity index (χ3n) is 4.39. The molecule has 0 atom stereocenters. The molecule has 1 amide bonds. The fraction of sp³-hybridized carbons (Fsp3) is 0.350. The van der Waals surface area contributed by atoms with Crippen molar-refractivity contribution in [2.45, 2.75) is 39.0 Å². The summed E-state index contributed by atoms with van der Waals surface area (Å²) in [6.07, 6.45) is 0.875. The highest BCUT2D eigenvalue weighted by Crippen LogP contribution is 2.21. The Morgan fingerprint density at radius 3 is 2.35 bits per heavy atom. The van der Waals surface area contributed by atoms with Gasteiger partial charge in [-0.05, 0) is 48.7 Å². The van der Waals surface area contributed by atoms with E-state index in [2.05, 4.69) is 5.32 Å². The summed E-state index contributed by atoms with van der Waals surface area (Å²) in [5, 5.41) is 2.86. The number of nitrogens with zero attached hydrogens (tertiary/aromatic N) is 1. The lowest BCUT2D eigenvalue weighted by Gasteiger charge is -2.19. The molecule has 0 aliphatic rings. The average Bonchev–Trinajstić information content (AvgIpc) is 2.62. The quantitative estimate of drug-likeness (QED) is 0.801. The molecular weight excluding hydrogens is 348 g/mol. The molecule has 140 valence electrons. The molecule has 26 heavy (non-hydrogen) atoms. The molecule has 2 aromatic rings. The second-order valence-corrected chi connectivity index (χ2v) is 8.01. The van der Waals surface area contributed by atoms with Gasteiger partial charge in [0.25, 0.3) is 5.91 Å². The Morgan fingerprint density at radius 2 is 1.73 bits per heavy atom. The zero-order valence-corrected chi connectivity index (χ0v) is 16.6. The van der Waals surface area contributed by atoms with Crippen LogP contribution >= 0.6 is 0 Å². The van der Waals surface area contributed by atoms with Gasteiger partial charge in [-0.2, -0.15) is 4.31 Å². The minimum Gasteiger partial charge on any atom is -0.322 e. The number of rotatable bonds is 7. The monoisotopic (exact) mass is 374 g/mol. The highest BCUT2D eigenvalue weighted by atomic mass is 32.2. The van der Waals surface area contributed by atoms with Crippen LogP contribution in [0.15, 0.2) is 47.4 Å². The van der Waals surface area contributed by atoms with E-state index in [1.54, 1.807) is 32.9 Å². The van der Waals surface area contributed by atoms with Gasteiger partial charge in [-0.15, -0.1) is 0 Å². The maximum atomic E-state index is 12.7. The van der Waals surface area contributed by atoms with Gasteiger partial charge in [0.1, 0.15) is 0 Å². The number of carbonyl (C=O) groups is 1. The zero-order chi connectivity index (χ0) is 19.3. The minimum atomic E-state index is -3.60. The Balaban J connectivity index is 2.36. The maximum Gasteiger partial charge on any atom is 0.255 e. The van der Waals surface area contributed by atoms with Crippen molar-refractivity contribution in [2.24, 2.45) is 0 Å². The van der Waals surface area contributed by atoms with Crippen molar-refractivity contribution >= 4 is 21.6 Å². The van der Waals surface area contributed by atoms with Gasteiger partial charge in [-0.25, -0.2) is 8.42 Å². The van der Waals surface area contributed by atoms with E-state index in [9.17, 15) is 13.2 Å². The van der Waals surface area contributed by atoms with E-state index in [-0.39, 0.29) is 10.8 Å². The first-order valence-electron chi connectivity index (χ1n) is 8.84. The fourth-order valence-corrected chi connectivity index (χ4v) is 4.27. The molecule has 0 saturated carbocycles. The van der Waals surface area contributed by atoms with Gasteiger partial charge in [0.2, 0.25) is 10.0 Å². The molecule has 0 radical (unpaired) electrons. The second-order valence-electron chi connectivity index (χ2n) is 6.07. The van der Waals surface area contributed by atoms with Crippen LogP contribution in [0.3, 0.4) is 0 Å². The number of anilines is 1. The first-order valence-corrected chi connectivity index (χ1v) is 10.3. The molecular formula is C20H26N2O3S. The van der Waals surface area contributed by atoms with E-state index in [0.717, 1.165) is 17.5 Å². The third kappa shape index (κ3) is 4.31. The average molecular weight is 375 g/mol. The molecule has 0 bridgehead atoms. The van der Waals surface area contributed by atoms with Crippen LogP contribution in [0.2, 0.25) is 0 Å². The van der Waals surface area contributed by atoms with Crippen LogP contribution in [0.25, 0.3) is 0 Å². The highest BCUT2D eigenvalue weighted by molar-refractivity contribution is 7.89. The smallest absolute Gasteiger partial charge is 0.255 e. The Hall–Kier alpha value is -2.18. The Morgan fingerprint density at radius 1 is 1.04 bits per heavy atom. The van der Waals surface area contributed by atoms with E-state index >= 15 is 0 Å². The molecule has 2 aromatic carbocycles. The first-order chi connectivity index (χ1) is 12.3. The number of nitrogens with one attached hydrogen (secondary N) is 1. The van der Waals surface area contributed by atoms with Gasteiger partial charge in [0, 0.05) is 24.3 Å². The summed E-state index contributed by atoms with van der Waals surface area (Å²) in [4.78, 5) is 12.8. The normalized spacial score (nSPS) is 11.6. The molecule has 5 nitrogen and oxygen atoms in total. The molecule has 0 aliphatic carbocycles. The van der Waals surface area contributed by atoms with E-state index in [1.807, 2.05) is 31.2 Å². The Bertz CT molecular complexity index is 888. The molecule has 0 heterocycles. The summed E-state index contributed by atoms with van der Waals surface area (Å²) in [6.45, 7) is 8.21. The number of benzene rings is 2. The van der Waals surface area contributed by atoms with Crippen molar-refractivity contribution in [2.75, 3.05) is 18.4 Å². The number of carbonyl (C=O) groups excluding carboxylic acids is 1. The van der Waals surface area contributed by atoms with Gasteiger partial charge < -0.3 is 5.32 Å². The lowest BCUT2D eigenvalue weighted by atomic mass is 10.1. The topological polar surface area (TPSA) is 66.5 Å². The minimum absolute atomic E-state index is 0.138. The lowest BCUT2D eigenvalue weighted by molar-refractivity contribution is 0.102. The van der Waals surface area contributed by atoms with Crippen molar-refractivity contribution in [3.63, 3.8) is 0 Å². The molecule has 0 aliphatic heterocycles. The molecule has 0 saturated heterocycles. The molecule has 1 N–H and O–H groups in total. The Kier molecular flexibility index (Phi) is 6.56. The summed E-state index contributed by atoms with van der Waals surface area (Å²) in [6, 6.07) is 12.3. The summed E-state index contributed by atoms with van der Waals surface area (Å²) >= 11 is 0. The molecule has 2 rings (SSSR count). The number of hydrogen-bond acceptors (Lipinski definition) is 3. The standard InChI is InChI=1S/C20H26N2O3S/c1-5-16-9-8-10-17(13-16)21-20(23)19-14-18(12-11-15(19)4)26(24,25)22(6-2)7-3/h8-14H,5-7H2,1-4H3,(H,21,23). The van der Waals surface area contributed by atoms with Crippen molar-refractivity contribution in [1.29, 1.82) is 0 Å². The van der Waals surface area contributed by atoms with Crippen molar-refractivity contribution in [3.8, 4) is 0 Å². The molecule has 0 fully saturated rings. The largest absolute Gasteiger partial charge is 0.322 e. The van der Waals surface area contributed by atoms with E-state index in [1.165, 1.54) is 10.4 Å². The van der Waals surface area contributed by atoms with E-state index in [4.69, 9.17) is 0 Å². The van der Waals surface area contributed by atoms with Gasteiger partial charge in [-0.3, -0.25) is 4.79 Å². The van der Waals surface area contributed by atoms with Crippen LogP contribution in [-0.4, -0.2) is 31.7 Å². The predicted molar refractivity (Wildman–Crippen MR) is 105 cm³/mol.